The Kier molecular flexibility index (Phi) is 4.30. The number of benzene rings is 2. The van der Waals surface area contributed by atoms with E-state index in [1.54, 1.807) is 23.5 Å². The molecule has 6 heteroatoms. The van der Waals surface area contributed by atoms with E-state index >= 15 is 0 Å². The van der Waals surface area contributed by atoms with Gasteiger partial charge in [-0.05, 0) is 35.2 Å². The molecule has 28 heavy (non-hydrogen) atoms. The predicted octanol–water partition coefficient (Wildman–Crippen LogP) is 3.87. The minimum absolute atomic E-state index is 0.0131. The molecule has 3 aromatic rings. The number of phenols is 1. The van der Waals surface area contributed by atoms with Crippen molar-refractivity contribution in [3.8, 4) is 5.75 Å². The van der Waals surface area contributed by atoms with Gasteiger partial charge in [0.05, 0.1) is 5.56 Å². The Bertz CT molecular complexity index is 1010. The van der Waals surface area contributed by atoms with Crippen LogP contribution in [0.5, 0.6) is 5.75 Å². The molecule has 2 aliphatic rings. The first-order valence-corrected chi connectivity index (χ1v) is 10.3. The van der Waals surface area contributed by atoms with Gasteiger partial charge in [-0.25, -0.2) is 0 Å². The van der Waals surface area contributed by atoms with Gasteiger partial charge < -0.3 is 15.7 Å². The first-order valence-electron chi connectivity index (χ1n) is 9.44. The zero-order valence-corrected chi connectivity index (χ0v) is 16.1. The van der Waals surface area contributed by atoms with Gasteiger partial charge in [0, 0.05) is 24.5 Å². The third-order valence-electron chi connectivity index (χ3n) is 5.39. The van der Waals surface area contributed by atoms with Crippen molar-refractivity contribution in [2.45, 2.75) is 25.7 Å². The van der Waals surface area contributed by atoms with Crippen molar-refractivity contribution >= 4 is 22.2 Å². The average Bonchev–Trinajstić information content (AvgIpc) is 3.07. The lowest BCUT2D eigenvalue weighted by molar-refractivity contribution is 0.0934. The number of carbonyl (C=O) groups excluding carboxylic acids is 1. The summed E-state index contributed by atoms with van der Waals surface area (Å²) in [5.74, 6) is 0.206. The minimum Gasteiger partial charge on any atom is -0.508 e. The molecule has 1 unspecified atom stereocenters. The molecule has 2 aromatic carbocycles. The molecule has 3 heterocycles. The Morgan fingerprint density at radius 2 is 1.86 bits per heavy atom. The summed E-state index contributed by atoms with van der Waals surface area (Å²) in [5.41, 5.74) is 4.25. The molecule has 5 nitrogen and oxygen atoms in total. The second-order valence-corrected chi connectivity index (χ2v) is 8.40. The van der Waals surface area contributed by atoms with Gasteiger partial charge in [-0.15, -0.1) is 11.3 Å². The second kappa shape index (κ2) is 6.96. The zero-order valence-electron chi connectivity index (χ0n) is 15.3. The minimum atomic E-state index is -0.277. The number of fused-ring (bicyclic) bond motifs is 3. The van der Waals surface area contributed by atoms with Gasteiger partial charge in [0.1, 0.15) is 16.9 Å². The largest absolute Gasteiger partial charge is 0.508 e. The molecule has 1 amide bonds. The molecule has 0 aliphatic carbocycles. The molecule has 3 N–H and O–H groups in total. The quantitative estimate of drug-likeness (QED) is 0.634. The number of anilines is 1. The lowest BCUT2D eigenvalue weighted by Crippen LogP contribution is -2.38. The predicted molar refractivity (Wildman–Crippen MR) is 111 cm³/mol. The zero-order chi connectivity index (χ0) is 19.1. The molecular weight excluding hydrogens is 370 g/mol. The normalized spacial score (nSPS) is 18.7. The molecule has 2 aliphatic heterocycles. The Labute approximate surface area is 167 Å². The molecule has 0 fully saturated rings. The van der Waals surface area contributed by atoms with Crippen LogP contribution in [-0.4, -0.2) is 22.5 Å². The van der Waals surface area contributed by atoms with Gasteiger partial charge in [-0.2, -0.15) is 0 Å². The number of carbonyl (C=O) groups is 1. The maximum Gasteiger partial charge on any atom is 0.256 e. The number of nitrogens with zero attached hydrogens (tertiary/aromatic N) is 1. The van der Waals surface area contributed by atoms with E-state index in [1.807, 2.05) is 18.2 Å². The van der Waals surface area contributed by atoms with E-state index in [0.717, 1.165) is 42.2 Å². The molecule has 0 radical (unpaired) electrons. The number of nitrogens with one attached hydrogen (secondary N) is 2. The standard InChI is InChI=1S/C22H21N3O2S/c26-16-8-6-15(7-9-16)20-23-21(27)19-17-10-11-25(12-14-4-2-1-3-5-14)13-18(17)28-22(19)24-20/h1-9,20,24,26H,10-13H2,(H,23,27). The summed E-state index contributed by atoms with van der Waals surface area (Å²) in [5, 5.41) is 17.0. The molecule has 0 saturated heterocycles. The third-order valence-corrected chi connectivity index (χ3v) is 6.54. The van der Waals surface area contributed by atoms with E-state index in [4.69, 9.17) is 0 Å². The highest BCUT2D eigenvalue weighted by Crippen LogP contribution is 2.41. The summed E-state index contributed by atoms with van der Waals surface area (Å²) in [4.78, 5) is 16.6. The average molecular weight is 391 g/mol. The van der Waals surface area contributed by atoms with E-state index < -0.39 is 0 Å². The Hall–Kier alpha value is -2.83. The maximum absolute atomic E-state index is 12.8. The van der Waals surface area contributed by atoms with Crippen molar-refractivity contribution in [3.05, 3.63) is 81.7 Å². The number of hydrogen-bond donors (Lipinski definition) is 3. The highest BCUT2D eigenvalue weighted by molar-refractivity contribution is 7.16. The SMILES string of the molecule is O=C1NC(c2ccc(O)cc2)Nc2sc3c(c21)CCN(Cc1ccccc1)C3. The van der Waals surface area contributed by atoms with Crippen LogP contribution in [0, 0.1) is 0 Å². The van der Waals surface area contributed by atoms with Crippen LogP contribution in [0.4, 0.5) is 5.00 Å². The van der Waals surface area contributed by atoms with Gasteiger partial charge in [-0.3, -0.25) is 9.69 Å². The third kappa shape index (κ3) is 3.15. The van der Waals surface area contributed by atoms with E-state index in [-0.39, 0.29) is 17.8 Å². The Morgan fingerprint density at radius 3 is 2.64 bits per heavy atom. The first kappa shape index (κ1) is 17.3. The summed E-state index contributed by atoms with van der Waals surface area (Å²) < 4.78 is 0. The second-order valence-electron chi connectivity index (χ2n) is 7.30. The molecule has 0 spiro atoms. The van der Waals surface area contributed by atoms with Crippen molar-refractivity contribution < 1.29 is 9.90 Å². The van der Waals surface area contributed by atoms with E-state index in [1.165, 1.54) is 16.0 Å². The van der Waals surface area contributed by atoms with E-state index in [2.05, 4.69) is 39.8 Å². The van der Waals surface area contributed by atoms with Crippen molar-refractivity contribution in [2.24, 2.45) is 0 Å². The van der Waals surface area contributed by atoms with Gasteiger partial charge in [0.15, 0.2) is 0 Å². The van der Waals surface area contributed by atoms with Crippen molar-refractivity contribution in [1.29, 1.82) is 0 Å². The number of thiophene rings is 1. The number of hydrogen-bond acceptors (Lipinski definition) is 5. The van der Waals surface area contributed by atoms with Crippen LogP contribution in [0.2, 0.25) is 0 Å². The molecule has 1 aromatic heterocycles. The van der Waals surface area contributed by atoms with E-state index in [0.29, 0.717) is 0 Å². The lowest BCUT2D eigenvalue weighted by atomic mass is 10.00. The first-order chi connectivity index (χ1) is 13.7. The summed E-state index contributed by atoms with van der Waals surface area (Å²) in [6.45, 7) is 2.76. The van der Waals surface area contributed by atoms with E-state index in [9.17, 15) is 9.90 Å². The number of amides is 1. The maximum atomic E-state index is 12.8. The van der Waals surface area contributed by atoms with Crippen LogP contribution in [0.1, 0.15) is 38.1 Å². The number of aromatic hydroxyl groups is 1. The summed E-state index contributed by atoms with van der Waals surface area (Å²) >= 11 is 1.69. The van der Waals surface area contributed by atoms with Gasteiger partial charge in [0.2, 0.25) is 0 Å². The fourth-order valence-electron chi connectivity index (χ4n) is 3.98. The fourth-order valence-corrected chi connectivity index (χ4v) is 5.29. The molecule has 5 rings (SSSR count). The molecule has 0 bridgehead atoms. The van der Waals surface area contributed by atoms with Gasteiger partial charge >= 0.3 is 0 Å². The van der Waals surface area contributed by atoms with Gasteiger partial charge in [-0.1, -0.05) is 42.5 Å². The Balaban J connectivity index is 1.38. The Morgan fingerprint density at radius 1 is 1.07 bits per heavy atom. The van der Waals surface area contributed by atoms with Crippen LogP contribution in [0.25, 0.3) is 0 Å². The van der Waals surface area contributed by atoms with Crippen LogP contribution in [0.3, 0.4) is 0 Å². The highest BCUT2D eigenvalue weighted by Gasteiger charge is 2.33. The summed E-state index contributed by atoms with van der Waals surface area (Å²) in [6, 6.07) is 17.4. The highest BCUT2D eigenvalue weighted by atomic mass is 32.1. The van der Waals surface area contributed by atoms with Gasteiger partial charge in [0.25, 0.3) is 5.91 Å². The topological polar surface area (TPSA) is 64.6 Å². The number of rotatable bonds is 3. The van der Waals surface area contributed by atoms with Crippen LogP contribution < -0.4 is 10.6 Å². The van der Waals surface area contributed by atoms with Crippen molar-refractivity contribution in [1.82, 2.24) is 10.2 Å². The fraction of sp³-hybridized carbons (Fsp3) is 0.227. The number of phenolic OH excluding ortho intramolecular Hbond substituents is 1. The molecular formula is C22H21N3O2S. The van der Waals surface area contributed by atoms with Crippen molar-refractivity contribution in [2.75, 3.05) is 11.9 Å². The summed E-state index contributed by atoms with van der Waals surface area (Å²) in [7, 11) is 0. The molecule has 0 saturated carbocycles. The van der Waals surface area contributed by atoms with Crippen molar-refractivity contribution in [3.63, 3.8) is 0 Å². The molecule has 1 atom stereocenters. The molecule has 142 valence electrons. The van der Waals surface area contributed by atoms with Crippen LogP contribution >= 0.6 is 11.3 Å². The monoisotopic (exact) mass is 391 g/mol. The van der Waals surface area contributed by atoms with Crippen LogP contribution in [0.15, 0.2) is 54.6 Å². The van der Waals surface area contributed by atoms with Crippen LogP contribution in [-0.2, 0) is 19.5 Å². The smallest absolute Gasteiger partial charge is 0.256 e. The summed E-state index contributed by atoms with van der Waals surface area (Å²) in [6.07, 6.45) is 0.619. The lowest BCUT2D eigenvalue weighted by Gasteiger charge is -2.28.